The van der Waals surface area contributed by atoms with Crippen LogP contribution in [-0.2, 0) is 0 Å². The maximum absolute atomic E-state index is 6.52. The largest absolute Gasteiger partial charge is 0.455 e. The molecule has 15 heteroatoms. The minimum Gasteiger partial charge on any atom is -0.455 e. The predicted octanol–water partition coefficient (Wildman–Crippen LogP) is 29.9. The molecule has 0 saturated carbocycles. The second-order valence-electron chi connectivity index (χ2n) is 36.7. The van der Waals surface area contributed by atoms with Crippen molar-refractivity contribution in [2.45, 2.75) is 0 Å². The fourth-order valence-electron chi connectivity index (χ4n) is 23.9. The van der Waals surface area contributed by atoms with Gasteiger partial charge in [-0.15, -0.1) is 11.3 Å². The number of thiophene rings is 1. The van der Waals surface area contributed by atoms with E-state index in [1.807, 2.05) is 17.4 Å². The SMILES string of the molecule is c1ccc(N2B3c4ccccc4-c4c(ccc5c4oc4ccccc45)N3c3ccccc32)cc1.c1ccc(N2B3c4ccccc4-c4c(ccc5c4sc4ccccc45)N3c3ccccc32)cc1.c1ccc(N2B3c4ccccc4-c4c(ccc5c6ccccc6n(-c6ccccc6)c45)N3c3ccccc32)cc1.c1ccc(N2B3c4ccccc4-c4ccccc4N3c3cc4ccccc4cc32)cc1. The lowest BCUT2D eigenvalue weighted by Crippen LogP contribution is -2.55. The summed E-state index contributed by atoms with van der Waals surface area (Å²) in [7, 11) is 0. The first kappa shape index (κ1) is 78.8. The third-order valence-corrected chi connectivity index (χ3v) is 30.7. The second kappa shape index (κ2) is 31.5. The Kier molecular flexibility index (Phi) is 17.9. The van der Waals surface area contributed by atoms with E-state index < -0.39 is 0 Å². The Hall–Kier alpha value is -17.6. The zero-order chi connectivity index (χ0) is 91.0. The molecule has 0 fully saturated rings. The number of nitrogens with zero attached hydrogens (tertiary/aromatic N) is 9. The first-order chi connectivity index (χ1) is 69.1. The first-order valence-electron chi connectivity index (χ1n) is 47.9. The third-order valence-electron chi connectivity index (χ3n) is 29.5. The number of benzene rings is 21. The van der Waals surface area contributed by atoms with Crippen molar-refractivity contribution in [1.82, 2.24) is 4.57 Å². The fourth-order valence-corrected chi connectivity index (χ4v) is 25.2. The average molecular weight is 1790 g/mol. The Labute approximate surface area is 809 Å². The Morgan fingerprint density at radius 3 is 1.04 bits per heavy atom. The lowest BCUT2D eigenvalue weighted by molar-refractivity contribution is 0.670. The molecule has 139 heavy (non-hydrogen) atoms. The molecule has 0 radical (unpaired) electrons. The molecule has 0 amide bonds. The van der Waals surface area contributed by atoms with Gasteiger partial charge in [0.25, 0.3) is 0 Å². The van der Waals surface area contributed by atoms with Crippen LogP contribution in [0.1, 0.15) is 0 Å². The summed E-state index contributed by atoms with van der Waals surface area (Å²) in [4.78, 5) is 20.0. The lowest BCUT2D eigenvalue weighted by atomic mass is 9.59. The van der Waals surface area contributed by atoms with Crippen LogP contribution in [-0.4, -0.2) is 32.5 Å². The second-order valence-corrected chi connectivity index (χ2v) is 37.8. The summed E-state index contributed by atoms with van der Waals surface area (Å²) in [5, 5.41) is 10.1. The van der Waals surface area contributed by atoms with Crippen LogP contribution in [0.4, 0.5) is 91.0 Å². The number of aromatic nitrogens is 1. The van der Waals surface area contributed by atoms with E-state index in [0.29, 0.717) is 0 Å². The van der Waals surface area contributed by atoms with E-state index in [9.17, 15) is 0 Å². The lowest BCUT2D eigenvalue weighted by Gasteiger charge is -2.37. The number of rotatable bonds is 5. The fraction of sp³-hybridized carbons (Fsp3) is 0. The van der Waals surface area contributed by atoms with E-state index in [1.165, 1.54) is 216 Å². The highest BCUT2D eigenvalue weighted by Crippen LogP contribution is 2.60. The van der Waals surface area contributed by atoms with Crippen LogP contribution >= 0.6 is 11.3 Å². The maximum atomic E-state index is 6.52. The van der Waals surface area contributed by atoms with Gasteiger partial charge in [-0.3, -0.25) is 0 Å². The molecular weight excluding hydrogens is 1710 g/mol. The number of anilines is 16. The van der Waals surface area contributed by atoms with Crippen LogP contribution < -0.4 is 60.3 Å². The van der Waals surface area contributed by atoms with Gasteiger partial charge < -0.3 is 47.5 Å². The number of hydrogen-bond acceptors (Lipinski definition) is 10. The quantitative estimate of drug-likeness (QED) is 0.157. The first-order valence-corrected chi connectivity index (χ1v) is 48.7. The molecule has 3 aromatic heterocycles. The molecule has 10 nitrogen and oxygen atoms in total. The molecule has 0 atom stereocenters. The number of furan rings is 1. The molecule has 0 N–H and O–H groups in total. The van der Waals surface area contributed by atoms with Crippen molar-refractivity contribution >= 4 is 227 Å². The maximum Gasteiger partial charge on any atom is 0.421 e. The molecule has 24 aromatic rings. The molecule has 0 aliphatic carbocycles. The van der Waals surface area contributed by atoms with Crippen LogP contribution in [0.3, 0.4) is 0 Å². The third kappa shape index (κ3) is 11.8. The van der Waals surface area contributed by atoms with E-state index >= 15 is 0 Å². The van der Waals surface area contributed by atoms with Crippen molar-refractivity contribution in [2.24, 2.45) is 0 Å². The summed E-state index contributed by atoms with van der Waals surface area (Å²) in [5.41, 5.74) is 40.8. The van der Waals surface area contributed by atoms with Crippen LogP contribution in [0, 0.1) is 0 Å². The molecule has 21 aromatic carbocycles. The molecule has 8 aliphatic heterocycles. The minimum atomic E-state index is 0.0236. The molecule has 11 heterocycles. The average Bonchev–Trinajstić information content (AvgIpc) is 1.55. The van der Waals surface area contributed by atoms with Gasteiger partial charge in [0.1, 0.15) is 11.2 Å². The Bertz CT molecular complexity index is 8810. The van der Waals surface area contributed by atoms with Gasteiger partial charge in [0, 0.05) is 115 Å². The van der Waals surface area contributed by atoms with Crippen molar-refractivity contribution in [3.05, 3.63) is 491 Å². The van der Waals surface area contributed by atoms with Gasteiger partial charge in [-0.2, -0.15) is 0 Å². The highest BCUT2D eigenvalue weighted by atomic mass is 32.1. The molecule has 0 saturated heterocycles. The van der Waals surface area contributed by atoms with Gasteiger partial charge in [-0.25, -0.2) is 0 Å². The van der Waals surface area contributed by atoms with E-state index in [4.69, 9.17) is 4.42 Å². The molecule has 0 bridgehead atoms. The van der Waals surface area contributed by atoms with Crippen LogP contribution in [0.25, 0.3) is 125 Å². The number of hydrogen-bond donors (Lipinski definition) is 0. The van der Waals surface area contributed by atoms with Gasteiger partial charge in [-0.1, -0.05) is 334 Å². The summed E-state index contributed by atoms with van der Waals surface area (Å²) in [6.45, 7) is 0.219. The van der Waals surface area contributed by atoms with E-state index in [2.05, 4.69) is 528 Å². The van der Waals surface area contributed by atoms with Crippen molar-refractivity contribution in [1.29, 1.82) is 0 Å². The standard InChI is InChI=1S/C36H24BN3.C30H19BN2O.C30H19BN2S.C28H19BN2/c1-3-13-25(14-4-1)38-31-20-10-8-17-27(31)28-23-24-34-35(36(28)38)29-18-7-9-19-30(29)37-39(26-15-5-2-6-16-26)32-21-11-12-22-33(32)40(34)37;2*1-2-10-20(11-3-1)32-25-15-7-8-16-26(25)33-27-19-18-22-21-12-5-9-17-28(21)34-30(22)29(27)23-13-4-6-14-24(23)31(32)33;1-2-12-22(13-3-1)30-27-18-20-10-4-5-11-21(20)19-28(27)31-26-17-9-7-15-24(26)23-14-6-8-16-25(23)29(30)31/h1-24H;2*1-19H;1-19H. The Balaban J connectivity index is 0.0000000895. The van der Waals surface area contributed by atoms with Crippen molar-refractivity contribution in [3.8, 4) is 50.2 Å². The van der Waals surface area contributed by atoms with Crippen molar-refractivity contribution in [3.63, 3.8) is 0 Å². The van der Waals surface area contributed by atoms with Gasteiger partial charge in [0.2, 0.25) is 0 Å². The molecule has 0 spiro atoms. The molecule has 32 rings (SSSR count). The molecule has 0 unspecified atom stereocenters. The predicted molar refractivity (Wildman–Crippen MR) is 590 cm³/mol. The van der Waals surface area contributed by atoms with Crippen LogP contribution in [0.5, 0.6) is 0 Å². The van der Waals surface area contributed by atoms with Gasteiger partial charge in [-0.05, 0) is 213 Å². The van der Waals surface area contributed by atoms with Gasteiger partial charge in [0.15, 0.2) is 0 Å². The molecule has 646 valence electrons. The van der Waals surface area contributed by atoms with Crippen LogP contribution in [0.15, 0.2) is 496 Å². The monoisotopic (exact) mass is 1790 g/mol. The highest BCUT2D eigenvalue weighted by Gasteiger charge is 2.53. The van der Waals surface area contributed by atoms with Gasteiger partial charge in [0.05, 0.1) is 56.5 Å². The normalized spacial score (nSPS) is 13.6. The summed E-state index contributed by atoms with van der Waals surface area (Å²) >= 11 is 1.91. The zero-order valence-corrected chi connectivity index (χ0v) is 76.2. The summed E-state index contributed by atoms with van der Waals surface area (Å²) in [6.07, 6.45) is 0. The Morgan fingerprint density at radius 1 is 0.194 bits per heavy atom. The number of fused-ring (bicyclic) bond motifs is 45. The minimum absolute atomic E-state index is 0.0236. The van der Waals surface area contributed by atoms with E-state index in [0.717, 1.165) is 21.9 Å². The summed E-state index contributed by atoms with van der Waals surface area (Å²) in [5.74, 6) is 0. The summed E-state index contributed by atoms with van der Waals surface area (Å²) < 4.78 is 11.7. The highest BCUT2D eigenvalue weighted by molar-refractivity contribution is 7.26. The number of para-hydroxylation sites is 14. The van der Waals surface area contributed by atoms with E-state index in [1.54, 1.807) is 0 Å². The van der Waals surface area contributed by atoms with E-state index in [-0.39, 0.29) is 27.9 Å². The summed E-state index contributed by atoms with van der Waals surface area (Å²) in [6, 6.07) is 178. The van der Waals surface area contributed by atoms with Gasteiger partial charge >= 0.3 is 27.9 Å². The zero-order valence-electron chi connectivity index (χ0n) is 75.4. The topological polar surface area (TPSA) is 44.0 Å². The smallest absolute Gasteiger partial charge is 0.421 e. The molecule has 8 aliphatic rings. The van der Waals surface area contributed by atoms with Crippen molar-refractivity contribution in [2.75, 3.05) is 38.5 Å². The van der Waals surface area contributed by atoms with Crippen LogP contribution in [0.2, 0.25) is 0 Å². The van der Waals surface area contributed by atoms with Crippen molar-refractivity contribution < 1.29 is 4.42 Å². The molecular formula is C124H81B4N9OS. The Morgan fingerprint density at radius 2 is 0.525 bits per heavy atom.